The summed E-state index contributed by atoms with van der Waals surface area (Å²) in [7, 11) is 1.63. The van der Waals surface area contributed by atoms with Crippen molar-refractivity contribution < 1.29 is 13.9 Å². The third-order valence-electron chi connectivity index (χ3n) is 4.86. The first-order valence-electron chi connectivity index (χ1n) is 9.05. The molecule has 0 spiro atoms. The maximum Gasteiger partial charge on any atom is 0.224 e. The maximum absolute atomic E-state index is 13.2. The zero-order valence-electron chi connectivity index (χ0n) is 15.4. The van der Waals surface area contributed by atoms with Gasteiger partial charge in [-0.25, -0.2) is 4.39 Å². The lowest BCUT2D eigenvalue weighted by molar-refractivity contribution is -0.126. The number of carbonyl (C=O) groups is 1. The second kappa shape index (κ2) is 10.3. The fraction of sp³-hybridized carbons (Fsp3) is 0.381. The summed E-state index contributed by atoms with van der Waals surface area (Å²) in [6.07, 6.45) is 2.53. The zero-order chi connectivity index (χ0) is 18.4. The van der Waals surface area contributed by atoms with Crippen LogP contribution in [-0.2, 0) is 11.2 Å². The van der Waals surface area contributed by atoms with Crippen molar-refractivity contribution in [3.8, 4) is 5.75 Å². The van der Waals surface area contributed by atoms with Crippen LogP contribution in [0.2, 0.25) is 0 Å². The summed E-state index contributed by atoms with van der Waals surface area (Å²) in [5, 5.41) is 6.47. The molecular weight excluding hydrogens is 367 g/mol. The van der Waals surface area contributed by atoms with Gasteiger partial charge in [-0.3, -0.25) is 4.79 Å². The van der Waals surface area contributed by atoms with Crippen molar-refractivity contribution in [3.05, 3.63) is 65.5 Å². The molecule has 3 rings (SSSR count). The third-order valence-corrected chi connectivity index (χ3v) is 4.86. The Bertz CT molecular complexity index is 716. The molecule has 2 aromatic carbocycles. The number of carbonyl (C=O) groups excluding carboxylic acids is 1. The van der Waals surface area contributed by atoms with Gasteiger partial charge in [0.05, 0.1) is 19.1 Å². The van der Waals surface area contributed by atoms with Crippen LogP contribution in [-0.4, -0.2) is 26.1 Å². The van der Waals surface area contributed by atoms with Crippen LogP contribution < -0.4 is 15.4 Å². The summed E-state index contributed by atoms with van der Waals surface area (Å²) in [5.74, 6) is 0.585. The Hall–Kier alpha value is -2.11. The Morgan fingerprint density at radius 2 is 1.93 bits per heavy atom. The Labute approximate surface area is 165 Å². The molecule has 2 aromatic rings. The van der Waals surface area contributed by atoms with E-state index in [4.69, 9.17) is 4.74 Å². The molecule has 4 nitrogen and oxygen atoms in total. The standard InChI is InChI=1S/C21H25FN2O2.ClH/c1-26-19-10-6-16(7-11-19)20(13-15-4-8-18(22)9-5-15)24-21(25)17-3-2-12-23-14-17;/h4-11,17,20,23H,2-3,12-14H2,1H3,(H,24,25);1H. The van der Waals surface area contributed by atoms with E-state index < -0.39 is 0 Å². The number of rotatable bonds is 6. The van der Waals surface area contributed by atoms with E-state index in [1.165, 1.54) is 12.1 Å². The van der Waals surface area contributed by atoms with Gasteiger partial charge in [-0.05, 0) is 61.2 Å². The fourth-order valence-electron chi connectivity index (χ4n) is 3.31. The van der Waals surface area contributed by atoms with Crippen LogP contribution in [0, 0.1) is 11.7 Å². The topological polar surface area (TPSA) is 50.4 Å². The highest BCUT2D eigenvalue weighted by Gasteiger charge is 2.24. The molecule has 0 bridgehead atoms. The van der Waals surface area contributed by atoms with Crippen LogP contribution in [0.1, 0.15) is 30.0 Å². The molecule has 2 N–H and O–H groups in total. The first kappa shape index (κ1) is 21.2. The van der Waals surface area contributed by atoms with Crippen LogP contribution in [0.5, 0.6) is 5.75 Å². The molecule has 0 saturated carbocycles. The highest BCUT2D eigenvalue weighted by Crippen LogP contribution is 2.23. The van der Waals surface area contributed by atoms with Gasteiger partial charge >= 0.3 is 0 Å². The normalized spacial score (nSPS) is 17.5. The highest BCUT2D eigenvalue weighted by molar-refractivity contribution is 5.85. The molecule has 1 heterocycles. The Morgan fingerprint density at radius 1 is 1.22 bits per heavy atom. The zero-order valence-corrected chi connectivity index (χ0v) is 16.2. The van der Waals surface area contributed by atoms with E-state index in [0.717, 1.165) is 42.8 Å². The van der Waals surface area contributed by atoms with Gasteiger partial charge in [-0.2, -0.15) is 0 Å². The third kappa shape index (κ3) is 5.94. The van der Waals surface area contributed by atoms with Crippen LogP contribution in [0.25, 0.3) is 0 Å². The van der Waals surface area contributed by atoms with Gasteiger partial charge in [0.2, 0.25) is 5.91 Å². The number of piperidine rings is 1. The molecule has 0 aromatic heterocycles. The summed E-state index contributed by atoms with van der Waals surface area (Å²) in [5.41, 5.74) is 1.99. The van der Waals surface area contributed by atoms with Gasteiger partial charge in [0.1, 0.15) is 11.6 Å². The molecule has 2 atom stereocenters. The molecule has 27 heavy (non-hydrogen) atoms. The van der Waals surface area contributed by atoms with E-state index in [1.807, 2.05) is 24.3 Å². The number of methoxy groups -OCH3 is 1. The Kier molecular flexibility index (Phi) is 8.07. The quantitative estimate of drug-likeness (QED) is 0.788. The Balaban J connectivity index is 0.00000261. The van der Waals surface area contributed by atoms with Crippen molar-refractivity contribution in [1.82, 2.24) is 10.6 Å². The van der Waals surface area contributed by atoms with Crippen LogP contribution >= 0.6 is 12.4 Å². The van der Waals surface area contributed by atoms with Crippen LogP contribution in [0.4, 0.5) is 4.39 Å². The SMILES string of the molecule is COc1ccc(C(Cc2ccc(F)cc2)NC(=O)C2CCCNC2)cc1.Cl. The summed E-state index contributed by atoms with van der Waals surface area (Å²) in [4.78, 5) is 12.7. The smallest absolute Gasteiger partial charge is 0.224 e. The first-order chi connectivity index (χ1) is 12.7. The monoisotopic (exact) mass is 392 g/mol. The van der Waals surface area contributed by atoms with E-state index >= 15 is 0 Å². The minimum absolute atomic E-state index is 0. The molecule has 0 radical (unpaired) electrons. The molecule has 0 aliphatic carbocycles. The van der Waals surface area contributed by atoms with Crippen molar-refractivity contribution in [2.45, 2.75) is 25.3 Å². The molecule has 1 saturated heterocycles. The number of halogens is 2. The number of amides is 1. The van der Waals surface area contributed by atoms with E-state index in [9.17, 15) is 9.18 Å². The lowest BCUT2D eigenvalue weighted by Gasteiger charge is -2.26. The second-order valence-electron chi connectivity index (χ2n) is 6.71. The van der Waals surface area contributed by atoms with Crippen molar-refractivity contribution in [1.29, 1.82) is 0 Å². The number of nitrogens with one attached hydrogen (secondary N) is 2. The molecule has 1 fully saturated rings. The summed E-state index contributed by atoms with van der Waals surface area (Å²) >= 11 is 0. The first-order valence-corrected chi connectivity index (χ1v) is 9.05. The van der Waals surface area contributed by atoms with Crippen molar-refractivity contribution in [3.63, 3.8) is 0 Å². The van der Waals surface area contributed by atoms with Crippen molar-refractivity contribution in [2.24, 2.45) is 5.92 Å². The minimum atomic E-state index is -0.257. The summed E-state index contributed by atoms with van der Waals surface area (Å²) in [6.45, 7) is 1.69. The van der Waals surface area contributed by atoms with Gasteiger partial charge in [0.25, 0.3) is 0 Å². The molecule has 6 heteroatoms. The van der Waals surface area contributed by atoms with Gasteiger partial charge in [0, 0.05) is 6.54 Å². The van der Waals surface area contributed by atoms with Crippen LogP contribution in [0.15, 0.2) is 48.5 Å². The largest absolute Gasteiger partial charge is 0.497 e. The van der Waals surface area contributed by atoms with Crippen LogP contribution in [0.3, 0.4) is 0 Å². The number of benzene rings is 2. The molecule has 1 amide bonds. The summed E-state index contributed by atoms with van der Waals surface area (Å²) in [6, 6.07) is 14.0. The summed E-state index contributed by atoms with van der Waals surface area (Å²) < 4.78 is 18.4. The minimum Gasteiger partial charge on any atom is -0.497 e. The van der Waals surface area contributed by atoms with E-state index in [-0.39, 0.29) is 36.1 Å². The van der Waals surface area contributed by atoms with E-state index in [2.05, 4.69) is 10.6 Å². The molecule has 146 valence electrons. The van der Waals surface area contributed by atoms with Crippen molar-refractivity contribution >= 4 is 18.3 Å². The average molecular weight is 393 g/mol. The lowest BCUT2D eigenvalue weighted by Crippen LogP contribution is -2.42. The van der Waals surface area contributed by atoms with Gasteiger partial charge in [-0.15, -0.1) is 12.4 Å². The lowest BCUT2D eigenvalue weighted by atomic mass is 9.95. The van der Waals surface area contributed by atoms with Gasteiger partial charge in [-0.1, -0.05) is 24.3 Å². The molecular formula is C21H26ClFN2O2. The van der Waals surface area contributed by atoms with Crippen molar-refractivity contribution in [2.75, 3.05) is 20.2 Å². The predicted molar refractivity (Wildman–Crippen MR) is 107 cm³/mol. The molecule has 1 aliphatic rings. The Morgan fingerprint density at radius 3 is 2.52 bits per heavy atom. The van der Waals surface area contributed by atoms with E-state index in [1.54, 1.807) is 19.2 Å². The number of hydrogen-bond acceptors (Lipinski definition) is 3. The maximum atomic E-state index is 13.2. The van der Waals surface area contributed by atoms with Gasteiger partial charge < -0.3 is 15.4 Å². The average Bonchev–Trinajstić information content (AvgIpc) is 2.70. The molecule has 2 unspecified atom stereocenters. The van der Waals surface area contributed by atoms with E-state index in [0.29, 0.717) is 6.42 Å². The predicted octanol–water partition coefficient (Wildman–Crippen LogP) is 3.66. The number of hydrogen-bond donors (Lipinski definition) is 2. The second-order valence-corrected chi connectivity index (χ2v) is 6.71. The molecule has 1 aliphatic heterocycles. The van der Waals surface area contributed by atoms with Gasteiger partial charge in [0.15, 0.2) is 0 Å². The highest BCUT2D eigenvalue weighted by atomic mass is 35.5. The fourth-order valence-corrected chi connectivity index (χ4v) is 3.31. The number of ether oxygens (including phenoxy) is 1.